The predicted molar refractivity (Wildman–Crippen MR) is 123 cm³/mol. The van der Waals surface area contributed by atoms with Gasteiger partial charge in [-0.3, -0.25) is 0 Å². The van der Waals surface area contributed by atoms with Gasteiger partial charge in [-0.1, -0.05) is 30.3 Å². The number of phenols is 2. The summed E-state index contributed by atoms with van der Waals surface area (Å²) < 4.78 is 5.17. The topological polar surface area (TPSA) is 94.0 Å². The third-order valence-electron chi connectivity index (χ3n) is 5.19. The van der Waals surface area contributed by atoms with Gasteiger partial charge in [0.25, 0.3) is 0 Å². The maximum atomic E-state index is 10.6. The van der Waals surface area contributed by atoms with E-state index in [0.717, 1.165) is 28.9 Å². The zero-order valence-corrected chi connectivity index (χ0v) is 17.9. The lowest BCUT2D eigenvalue weighted by Gasteiger charge is -2.19. The molecule has 0 bridgehead atoms. The summed E-state index contributed by atoms with van der Waals surface area (Å²) in [6.07, 6.45) is 0.0847. The van der Waals surface area contributed by atoms with E-state index >= 15 is 0 Å². The van der Waals surface area contributed by atoms with Crippen molar-refractivity contribution in [1.82, 2.24) is 5.32 Å². The first-order chi connectivity index (χ1) is 14.9. The Balaban J connectivity index is 1.54. The smallest absolute Gasteiger partial charge is 0.138 e. The van der Waals surface area contributed by atoms with Gasteiger partial charge in [0.2, 0.25) is 0 Å². The van der Waals surface area contributed by atoms with Crippen molar-refractivity contribution < 1.29 is 20.1 Å². The Morgan fingerprint density at radius 1 is 0.903 bits per heavy atom. The normalized spacial score (nSPS) is 12.9. The molecule has 0 fully saturated rings. The van der Waals surface area contributed by atoms with Crippen LogP contribution >= 0.6 is 0 Å². The van der Waals surface area contributed by atoms with Gasteiger partial charge in [-0.2, -0.15) is 0 Å². The van der Waals surface area contributed by atoms with Gasteiger partial charge in [0.1, 0.15) is 17.2 Å². The monoisotopic (exact) mass is 422 g/mol. The minimum Gasteiger partial charge on any atom is -0.508 e. The quantitative estimate of drug-likeness (QED) is 0.318. The molecule has 0 amide bonds. The molecule has 2 atom stereocenters. The van der Waals surface area contributed by atoms with Gasteiger partial charge in [0.05, 0.1) is 18.9 Å². The Labute approximate surface area is 183 Å². The van der Waals surface area contributed by atoms with Crippen LogP contribution < -0.4 is 15.4 Å². The minimum atomic E-state index is -0.704. The van der Waals surface area contributed by atoms with E-state index in [4.69, 9.17) is 4.74 Å². The molecule has 0 aliphatic heterocycles. The summed E-state index contributed by atoms with van der Waals surface area (Å²) >= 11 is 0. The molecule has 6 nitrogen and oxygen atoms in total. The SMILES string of the molecule is COc1ccc(CNc2cc(C(O)CNC(C)Cc3ccc(O)cc3)ccc2O)cc1. The summed E-state index contributed by atoms with van der Waals surface area (Å²) in [7, 11) is 1.63. The number of rotatable bonds is 10. The van der Waals surface area contributed by atoms with Crippen LogP contribution in [0.4, 0.5) is 5.69 Å². The van der Waals surface area contributed by atoms with Crippen LogP contribution in [0.5, 0.6) is 17.2 Å². The van der Waals surface area contributed by atoms with E-state index in [2.05, 4.69) is 17.6 Å². The first-order valence-corrected chi connectivity index (χ1v) is 10.3. The number of hydrogen-bond donors (Lipinski definition) is 5. The van der Waals surface area contributed by atoms with E-state index < -0.39 is 6.10 Å². The number of aromatic hydroxyl groups is 2. The maximum Gasteiger partial charge on any atom is 0.138 e. The second-order valence-electron chi connectivity index (χ2n) is 7.67. The number of hydrogen-bond acceptors (Lipinski definition) is 6. The molecule has 3 aromatic carbocycles. The molecule has 3 aromatic rings. The molecule has 0 saturated heterocycles. The summed E-state index contributed by atoms with van der Waals surface area (Å²) in [6, 6.07) is 20.1. The maximum absolute atomic E-state index is 10.6. The average molecular weight is 423 g/mol. The predicted octanol–water partition coefficient (Wildman–Crippen LogP) is 3.97. The van der Waals surface area contributed by atoms with Gasteiger partial charge < -0.3 is 30.7 Å². The summed E-state index contributed by atoms with van der Waals surface area (Å²) in [5.41, 5.74) is 3.46. The first-order valence-electron chi connectivity index (χ1n) is 10.3. The molecule has 0 aromatic heterocycles. The van der Waals surface area contributed by atoms with Crippen LogP contribution in [0.3, 0.4) is 0 Å². The van der Waals surface area contributed by atoms with E-state index in [1.54, 1.807) is 37.4 Å². The lowest BCUT2D eigenvalue weighted by Crippen LogP contribution is -2.32. The number of ether oxygens (including phenoxy) is 1. The third-order valence-corrected chi connectivity index (χ3v) is 5.19. The molecule has 0 heterocycles. The molecular formula is C25H30N2O4. The fourth-order valence-corrected chi connectivity index (χ4v) is 3.33. The van der Waals surface area contributed by atoms with E-state index in [9.17, 15) is 15.3 Å². The van der Waals surface area contributed by atoms with Crippen molar-refractivity contribution in [1.29, 1.82) is 0 Å². The van der Waals surface area contributed by atoms with Crippen LogP contribution in [0.25, 0.3) is 0 Å². The van der Waals surface area contributed by atoms with Crippen molar-refractivity contribution in [3.8, 4) is 17.2 Å². The second-order valence-corrected chi connectivity index (χ2v) is 7.67. The van der Waals surface area contributed by atoms with Gasteiger partial charge in [0.15, 0.2) is 0 Å². The van der Waals surface area contributed by atoms with Crippen LogP contribution in [0.15, 0.2) is 66.7 Å². The van der Waals surface area contributed by atoms with Crippen molar-refractivity contribution in [2.75, 3.05) is 19.0 Å². The summed E-state index contributed by atoms with van der Waals surface area (Å²) in [6.45, 7) is 2.99. The van der Waals surface area contributed by atoms with Crippen LogP contribution in [0.2, 0.25) is 0 Å². The van der Waals surface area contributed by atoms with Crippen molar-refractivity contribution >= 4 is 5.69 Å². The van der Waals surface area contributed by atoms with Crippen LogP contribution in [0, 0.1) is 0 Å². The number of phenolic OH excluding ortho intramolecular Hbond substituents is 2. The number of benzene rings is 3. The fourth-order valence-electron chi connectivity index (χ4n) is 3.33. The minimum absolute atomic E-state index is 0.137. The van der Waals surface area contributed by atoms with Gasteiger partial charge in [0, 0.05) is 19.1 Å². The summed E-state index contributed by atoms with van der Waals surface area (Å²) in [5, 5.41) is 36.7. The molecule has 0 radical (unpaired) electrons. The number of methoxy groups -OCH3 is 1. The second kappa shape index (κ2) is 10.7. The highest BCUT2D eigenvalue weighted by molar-refractivity contribution is 5.58. The summed E-state index contributed by atoms with van der Waals surface area (Å²) in [4.78, 5) is 0. The van der Waals surface area contributed by atoms with Gasteiger partial charge in [-0.15, -0.1) is 0 Å². The molecule has 2 unspecified atom stereocenters. The molecule has 164 valence electrons. The third kappa shape index (κ3) is 6.64. The molecule has 0 saturated carbocycles. The molecule has 0 aliphatic carbocycles. The zero-order chi connectivity index (χ0) is 22.2. The van der Waals surface area contributed by atoms with Crippen molar-refractivity contribution in [2.45, 2.75) is 32.0 Å². The molecule has 5 N–H and O–H groups in total. The molecule has 0 spiro atoms. The fraction of sp³-hybridized carbons (Fsp3) is 0.280. The highest BCUT2D eigenvalue weighted by Crippen LogP contribution is 2.28. The van der Waals surface area contributed by atoms with Gasteiger partial charge in [-0.05, 0) is 66.4 Å². The van der Waals surface area contributed by atoms with E-state index in [1.165, 1.54) is 0 Å². The van der Waals surface area contributed by atoms with Crippen molar-refractivity contribution in [2.24, 2.45) is 0 Å². The molecule has 0 aliphatic rings. The standard InChI is InChI=1S/C25H30N2O4/c1-17(13-18-3-8-21(28)9-4-18)26-16-25(30)20-7-12-24(29)23(14-20)27-15-19-5-10-22(31-2)11-6-19/h3-12,14,17,25-30H,13,15-16H2,1-2H3. The van der Waals surface area contributed by atoms with E-state index in [-0.39, 0.29) is 17.5 Å². The number of aliphatic hydroxyl groups excluding tert-OH is 1. The van der Waals surface area contributed by atoms with Gasteiger partial charge >= 0.3 is 0 Å². The largest absolute Gasteiger partial charge is 0.508 e. The lowest BCUT2D eigenvalue weighted by molar-refractivity contribution is 0.170. The van der Waals surface area contributed by atoms with E-state index in [1.807, 2.05) is 36.4 Å². The zero-order valence-electron chi connectivity index (χ0n) is 17.9. The Hall–Kier alpha value is -3.22. The number of aliphatic hydroxyl groups is 1. The Morgan fingerprint density at radius 2 is 1.58 bits per heavy atom. The number of anilines is 1. The number of nitrogens with one attached hydrogen (secondary N) is 2. The van der Waals surface area contributed by atoms with Crippen LogP contribution in [0.1, 0.15) is 29.7 Å². The van der Waals surface area contributed by atoms with Crippen LogP contribution in [-0.4, -0.2) is 35.0 Å². The highest BCUT2D eigenvalue weighted by Gasteiger charge is 2.12. The average Bonchev–Trinajstić information content (AvgIpc) is 2.79. The van der Waals surface area contributed by atoms with E-state index in [0.29, 0.717) is 18.8 Å². The van der Waals surface area contributed by atoms with Crippen molar-refractivity contribution in [3.63, 3.8) is 0 Å². The Kier molecular flexibility index (Phi) is 7.76. The Morgan fingerprint density at radius 3 is 2.26 bits per heavy atom. The highest BCUT2D eigenvalue weighted by atomic mass is 16.5. The Bertz CT molecular complexity index is 958. The molecule has 3 rings (SSSR count). The molecule has 6 heteroatoms. The lowest BCUT2D eigenvalue weighted by atomic mass is 10.1. The van der Waals surface area contributed by atoms with Crippen molar-refractivity contribution in [3.05, 3.63) is 83.4 Å². The summed E-state index contributed by atoms with van der Waals surface area (Å²) in [5.74, 6) is 1.19. The molecule has 31 heavy (non-hydrogen) atoms. The van der Waals surface area contributed by atoms with Crippen LogP contribution in [-0.2, 0) is 13.0 Å². The molecular weight excluding hydrogens is 392 g/mol. The van der Waals surface area contributed by atoms with Gasteiger partial charge in [-0.25, -0.2) is 0 Å². The first kappa shape index (κ1) is 22.5.